The molecule has 0 bridgehead atoms. The molecule has 0 fully saturated rings. The third-order valence-corrected chi connectivity index (χ3v) is 4.31. The second kappa shape index (κ2) is 24.9. The van der Waals surface area contributed by atoms with Crippen molar-refractivity contribution in [1.29, 1.82) is 0 Å². The van der Waals surface area contributed by atoms with E-state index in [1.54, 1.807) is 0 Å². The zero-order valence-electron chi connectivity index (χ0n) is 21.2. The molecule has 0 aliphatic rings. The zero-order valence-corrected chi connectivity index (χ0v) is 26.6. The van der Waals surface area contributed by atoms with Gasteiger partial charge in [0, 0.05) is 0 Å². The van der Waals surface area contributed by atoms with Crippen LogP contribution < -0.4 is 4.40 Å². The van der Waals surface area contributed by atoms with Gasteiger partial charge in [-0.1, -0.05) is 83.1 Å². The Morgan fingerprint density at radius 3 is 0.828 bits per heavy atom. The average molecular weight is 549 g/mol. The van der Waals surface area contributed by atoms with E-state index in [2.05, 4.69) is 99.0 Å². The van der Waals surface area contributed by atoms with Gasteiger partial charge in [-0.25, -0.2) is 0 Å². The first-order chi connectivity index (χ1) is 12.8. The number of hydrogen-bond donors (Lipinski definition) is 0. The Balaban J connectivity index is -0.000000142. The summed E-state index contributed by atoms with van der Waals surface area (Å²) in [4.78, 5) is 0. The summed E-state index contributed by atoms with van der Waals surface area (Å²) in [7, 11) is 0. The SMILES string of the molecule is CC(C)[N-]C(C)C.CC(C)[N-]C(C)C.CC(C)[N-]C(C)C.[F][GeH2][c-]1cccc1.[Zr+4]. The minimum atomic E-state index is -1.73. The number of hydrogen-bond acceptors (Lipinski definition) is 0. The van der Waals surface area contributed by atoms with E-state index < -0.39 is 15.9 Å². The van der Waals surface area contributed by atoms with Gasteiger partial charge in [-0.3, -0.25) is 0 Å². The molecule has 0 amide bonds. The monoisotopic (exact) mass is 549 g/mol. The second-order valence-electron chi connectivity index (χ2n) is 8.44. The van der Waals surface area contributed by atoms with Gasteiger partial charge >= 0.3 is 74.3 Å². The minimum absolute atomic E-state index is 0. The molecule has 0 unspecified atom stereocenters. The normalized spacial score (nSPS) is 10.7. The summed E-state index contributed by atoms with van der Waals surface area (Å²) in [5.74, 6) is 0. The summed E-state index contributed by atoms with van der Waals surface area (Å²) in [6.45, 7) is 25.2. The maximum Gasteiger partial charge on any atom is 4.00 e. The molecule has 0 aliphatic heterocycles. The molecule has 0 N–H and O–H groups in total. The van der Waals surface area contributed by atoms with Crippen LogP contribution in [0, 0.1) is 0 Å². The van der Waals surface area contributed by atoms with Gasteiger partial charge in [-0.2, -0.15) is 0 Å². The van der Waals surface area contributed by atoms with Gasteiger partial charge in [0.05, 0.1) is 0 Å². The average Bonchev–Trinajstić information content (AvgIpc) is 2.97. The molecule has 0 aromatic heterocycles. The first-order valence-electron chi connectivity index (χ1n) is 10.7. The van der Waals surface area contributed by atoms with Crippen LogP contribution in [0.15, 0.2) is 24.3 Å². The second-order valence-corrected chi connectivity index (χ2v) is 10.7. The van der Waals surface area contributed by atoms with E-state index in [0.717, 1.165) is 4.40 Å². The quantitative estimate of drug-likeness (QED) is 0.271. The summed E-state index contributed by atoms with van der Waals surface area (Å²) in [5, 5.41) is 12.8. The Hall–Kier alpha value is 0.586. The van der Waals surface area contributed by atoms with E-state index in [4.69, 9.17) is 0 Å². The van der Waals surface area contributed by atoms with E-state index in [1.807, 2.05) is 24.3 Å². The van der Waals surface area contributed by atoms with Crippen LogP contribution in [0.4, 0.5) is 3.50 Å². The van der Waals surface area contributed by atoms with Gasteiger partial charge in [0.25, 0.3) is 0 Å². The van der Waals surface area contributed by atoms with E-state index in [1.165, 1.54) is 0 Å². The predicted molar refractivity (Wildman–Crippen MR) is 132 cm³/mol. The molecule has 0 atom stereocenters. The summed E-state index contributed by atoms with van der Waals surface area (Å²) < 4.78 is 12.7. The Labute approximate surface area is 208 Å². The molecule has 0 aliphatic carbocycles. The van der Waals surface area contributed by atoms with Crippen molar-refractivity contribution in [2.45, 2.75) is 119 Å². The maximum absolute atomic E-state index is 11.7. The fraction of sp³-hybridized carbons (Fsp3) is 0.783. The van der Waals surface area contributed by atoms with Crippen LogP contribution in [0.2, 0.25) is 0 Å². The van der Waals surface area contributed by atoms with Crippen molar-refractivity contribution in [1.82, 2.24) is 0 Å². The van der Waals surface area contributed by atoms with Crippen molar-refractivity contribution < 1.29 is 29.7 Å². The van der Waals surface area contributed by atoms with Crippen LogP contribution in [0.5, 0.6) is 0 Å². The molecule has 0 saturated carbocycles. The van der Waals surface area contributed by atoms with Crippen molar-refractivity contribution in [3.8, 4) is 0 Å². The molecule has 1 rings (SSSR count). The van der Waals surface area contributed by atoms with E-state index in [9.17, 15) is 3.50 Å². The molecule has 0 heterocycles. The molecule has 6 heteroatoms. The van der Waals surface area contributed by atoms with Crippen molar-refractivity contribution in [3.63, 3.8) is 0 Å². The molecule has 1 aromatic rings. The Bertz CT molecular complexity index is 344. The van der Waals surface area contributed by atoms with Crippen molar-refractivity contribution in [3.05, 3.63) is 40.2 Å². The smallest absolute Gasteiger partial charge is 4.00 e. The molecule has 0 spiro atoms. The number of rotatable bonds is 7. The fourth-order valence-electron chi connectivity index (χ4n) is 2.29. The largest absolute Gasteiger partial charge is 4.00 e. The molecule has 0 saturated heterocycles. The standard InChI is InChI=1S/3C6H14N.C5H6FGe.Zr/c3*1-5(2)7-6(3)4;6-7-5-3-1-2-4-5;/h3*5-6H,1-4H3;1-4H,7H2;/q4*-1;+4. The van der Waals surface area contributed by atoms with Crippen molar-refractivity contribution in [2.75, 3.05) is 0 Å². The van der Waals surface area contributed by atoms with Crippen LogP contribution in [-0.4, -0.2) is 52.1 Å². The maximum atomic E-state index is 11.7. The summed E-state index contributed by atoms with van der Waals surface area (Å²) in [6, 6.07) is 10.4. The topological polar surface area (TPSA) is 42.3 Å². The van der Waals surface area contributed by atoms with Gasteiger partial charge in [0.1, 0.15) is 0 Å². The van der Waals surface area contributed by atoms with E-state index in [-0.39, 0.29) is 26.2 Å². The van der Waals surface area contributed by atoms with Crippen molar-refractivity contribution >= 4 is 20.3 Å². The van der Waals surface area contributed by atoms with Gasteiger partial charge in [0.15, 0.2) is 0 Å². The summed E-state index contributed by atoms with van der Waals surface area (Å²) >= 11 is -1.73. The zero-order chi connectivity index (χ0) is 22.7. The summed E-state index contributed by atoms with van der Waals surface area (Å²) in [6.07, 6.45) is 0. The predicted octanol–water partition coefficient (Wildman–Crippen LogP) is 6.61. The summed E-state index contributed by atoms with van der Waals surface area (Å²) in [5.41, 5.74) is 0. The Kier molecular flexibility index (Phi) is 31.6. The molecular weight excluding hydrogens is 501 g/mol. The molecule has 29 heavy (non-hydrogen) atoms. The molecule has 1 aromatic carbocycles. The van der Waals surface area contributed by atoms with Crippen LogP contribution in [-0.2, 0) is 26.2 Å². The molecular formula is C23H48FGeN3Zr. The number of nitrogens with zero attached hydrogens (tertiary/aromatic N) is 3. The van der Waals surface area contributed by atoms with Crippen molar-refractivity contribution in [2.24, 2.45) is 0 Å². The van der Waals surface area contributed by atoms with Gasteiger partial charge in [0.2, 0.25) is 0 Å². The van der Waals surface area contributed by atoms with Crippen LogP contribution in [0.25, 0.3) is 16.0 Å². The van der Waals surface area contributed by atoms with Gasteiger partial charge in [-0.05, 0) is 0 Å². The Morgan fingerprint density at radius 1 is 0.552 bits per heavy atom. The van der Waals surface area contributed by atoms with E-state index in [0.29, 0.717) is 36.3 Å². The van der Waals surface area contributed by atoms with Gasteiger partial charge in [-0.15, -0.1) is 36.3 Å². The minimum Gasteiger partial charge on any atom is 4.00 e. The van der Waals surface area contributed by atoms with Crippen LogP contribution in [0.1, 0.15) is 83.1 Å². The van der Waals surface area contributed by atoms with Crippen LogP contribution >= 0.6 is 0 Å². The molecule has 3 nitrogen and oxygen atoms in total. The molecule has 170 valence electrons. The first-order valence-corrected chi connectivity index (χ1v) is 13.3. The molecule has 0 radical (unpaired) electrons. The van der Waals surface area contributed by atoms with Gasteiger partial charge < -0.3 is 16.0 Å². The van der Waals surface area contributed by atoms with Crippen LogP contribution in [0.3, 0.4) is 0 Å². The fourth-order valence-corrected chi connectivity index (χ4v) is 3.24. The number of halogens is 1. The third-order valence-electron chi connectivity index (χ3n) is 2.67. The van der Waals surface area contributed by atoms with E-state index >= 15 is 0 Å². The third kappa shape index (κ3) is 43.4. The first kappa shape index (κ1) is 36.9. The Morgan fingerprint density at radius 2 is 0.759 bits per heavy atom.